The molecule has 0 unspecified atom stereocenters. The zero-order valence-electron chi connectivity index (χ0n) is 10.3. The van der Waals surface area contributed by atoms with Gasteiger partial charge in [-0.05, 0) is 25.1 Å². The zero-order valence-corrected chi connectivity index (χ0v) is 12.6. The molecule has 2 rings (SSSR count). The number of rotatable bonds is 4. The number of hydrogen-bond donors (Lipinski definition) is 0. The van der Waals surface area contributed by atoms with Crippen molar-refractivity contribution in [3.8, 4) is 0 Å². The second-order valence-corrected chi connectivity index (χ2v) is 6.02. The Morgan fingerprint density at radius 2 is 1.74 bits per heavy atom. The van der Waals surface area contributed by atoms with E-state index in [1.807, 2.05) is 37.3 Å². The Morgan fingerprint density at radius 1 is 1.05 bits per heavy atom. The molecule has 0 aromatic heterocycles. The van der Waals surface area contributed by atoms with E-state index in [4.69, 9.17) is 23.2 Å². The second-order valence-electron chi connectivity index (χ2n) is 4.15. The number of Topliss-reactive ketones (excluding diaryl/α,β-unsaturated/α-hetero) is 1. The van der Waals surface area contributed by atoms with E-state index in [0.29, 0.717) is 15.8 Å². The van der Waals surface area contributed by atoms with Gasteiger partial charge in [-0.25, -0.2) is 0 Å². The second kappa shape index (κ2) is 6.47. The van der Waals surface area contributed by atoms with Crippen molar-refractivity contribution in [1.29, 1.82) is 0 Å². The van der Waals surface area contributed by atoms with Gasteiger partial charge in [-0.3, -0.25) is 4.79 Å². The van der Waals surface area contributed by atoms with Crippen LogP contribution in [0.1, 0.15) is 15.9 Å². The largest absolute Gasteiger partial charge is 0.293 e. The minimum Gasteiger partial charge on any atom is -0.293 e. The normalized spacial score (nSPS) is 10.5. The van der Waals surface area contributed by atoms with Gasteiger partial charge in [0.1, 0.15) is 0 Å². The molecule has 0 atom stereocenters. The van der Waals surface area contributed by atoms with E-state index in [-0.39, 0.29) is 5.78 Å². The molecule has 19 heavy (non-hydrogen) atoms. The van der Waals surface area contributed by atoms with E-state index in [0.717, 1.165) is 16.0 Å². The molecule has 2 aromatic rings. The van der Waals surface area contributed by atoms with Crippen molar-refractivity contribution < 1.29 is 4.79 Å². The van der Waals surface area contributed by atoms with Gasteiger partial charge in [-0.2, -0.15) is 0 Å². The van der Waals surface area contributed by atoms with Gasteiger partial charge in [-0.15, -0.1) is 11.8 Å². The number of carbonyl (C=O) groups excluding carboxylic acids is 1. The third kappa shape index (κ3) is 4.00. The third-order valence-corrected chi connectivity index (χ3v) is 4.37. The van der Waals surface area contributed by atoms with Gasteiger partial charge in [0.05, 0.1) is 15.8 Å². The maximum atomic E-state index is 12.0. The maximum absolute atomic E-state index is 12.0. The molecule has 0 aliphatic carbocycles. The standard InChI is InChI=1S/C15H12Cl2OS/c1-10-2-4-11(5-3-10)15(18)9-19-12-6-7-13(16)14(17)8-12/h2-8H,9H2,1H3. The zero-order chi connectivity index (χ0) is 13.8. The molecule has 0 amide bonds. The van der Waals surface area contributed by atoms with Crippen LogP contribution in [0.5, 0.6) is 0 Å². The molecule has 0 aliphatic rings. The molecule has 0 heterocycles. The Kier molecular flexibility index (Phi) is 4.92. The van der Waals surface area contributed by atoms with E-state index < -0.39 is 0 Å². The Labute approximate surface area is 126 Å². The Hall–Kier alpha value is -0.960. The quantitative estimate of drug-likeness (QED) is 0.564. The highest BCUT2D eigenvalue weighted by molar-refractivity contribution is 8.00. The average molecular weight is 311 g/mol. The van der Waals surface area contributed by atoms with Crippen LogP contribution in [0.4, 0.5) is 0 Å². The molecule has 0 spiro atoms. The number of thioether (sulfide) groups is 1. The molecule has 2 aromatic carbocycles. The lowest BCUT2D eigenvalue weighted by Gasteiger charge is -2.03. The molecule has 0 saturated carbocycles. The fraction of sp³-hybridized carbons (Fsp3) is 0.133. The summed E-state index contributed by atoms with van der Waals surface area (Å²) in [5.74, 6) is 0.497. The molecule has 0 N–H and O–H groups in total. The van der Waals surface area contributed by atoms with Crippen molar-refractivity contribution >= 4 is 40.7 Å². The molecule has 0 fully saturated rings. The summed E-state index contributed by atoms with van der Waals surface area (Å²) in [4.78, 5) is 12.9. The molecule has 0 bridgehead atoms. The molecule has 1 nitrogen and oxygen atoms in total. The van der Waals surface area contributed by atoms with Gasteiger partial charge in [0.25, 0.3) is 0 Å². The summed E-state index contributed by atoms with van der Waals surface area (Å²) in [6.45, 7) is 2.00. The Bertz CT molecular complexity index is 594. The SMILES string of the molecule is Cc1ccc(C(=O)CSc2ccc(Cl)c(Cl)c2)cc1. The van der Waals surface area contributed by atoms with Gasteiger partial charge >= 0.3 is 0 Å². The third-order valence-electron chi connectivity index (χ3n) is 2.63. The van der Waals surface area contributed by atoms with Gasteiger partial charge in [0, 0.05) is 10.5 Å². The number of hydrogen-bond acceptors (Lipinski definition) is 2. The summed E-state index contributed by atoms with van der Waals surface area (Å²) in [5.41, 5.74) is 1.88. The van der Waals surface area contributed by atoms with Crippen LogP contribution in [0.3, 0.4) is 0 Å². The smallest absolute Gasteiger partial charge is 0.173 e. The summed E-state index contributed by atoms with van der Waals surface area (Å²) in [7, 11) is 0. The minimum absolute atomic E-state index is 0.107. The van der Waals surface area contributed by atoms with Crippen LogP contribution >= 0.6 is 35.0 Å². The molecular weight excluding hydrogens is 299 g/mol. The van der Waals surface area contributed by atoms with Crippen LogP contribution in [0.25, 0.3) is 0 Å². The summed E-state index contributed by atoms with van der Waals surface area (Å²) < 4.78 is 0. The monoisotopic (exact) mass is 310 g/mol. The van der Waals surface area contributed by atoms with Crippen LogP contribution in [-0.2, 0) is 0 Å². The van der Waals surface area contributed by atoms with Crippen molar-refractivity contribution in [3.63, 3.8) is 0 Å². The molecule has 0 saturated heterocycles. The van der Waals surface area contributed by atoms with Crippen molar-refractivity contribution in [2.24, 2.45) is 0 Å². The van der Waals surface area contributed by atoms with Crippen LogP contribution in [-0.4, -0.2) is 11.5 Å². The highest BCUT2D eigenvalue weighted by Gasteiger charge is 2.07. The van der Waals surface area contributed by atoms with E-state index in [1.54, 1.807) is 12.1 Å². The first-order valence-electron chi connectivity index (χ1n) is 5.74. The predicted molar refractivity (Wildman–Crippen MR) is 82.7 cm³/mol. The highest BCUT2D eigenvalue weighted by atomic mass is 35.5. The summed E-state index contributed by atoms with van der Waals surface area (Å²) in [6.07, 6.45) is 0. The van der Waals surface area contributed by atoms with Crippen molar-refractivity contribution in [1.82, 2.24) is 0 Å². The molecule has 4 heteroatoms. The van der Waals surface area contributed by atoms with Crippen molar-refractivity contribution in [2.75, 3.05) is 5.75 Å². The van der Waals surface area contributed by atoms with E-state index in [9.17, 15) is 4.79 Å². The summed E-state index contributed by atoms with van der Waals surface area (Å²) in [5, 5.41) is 1.03. The van der Waals surface area contributed by atoms with Crippen LogP contribution in [0, 0.1) is 6.92 Å². The Morgan fingerprint density at radius 3 is 2.37 bits per heavy atom. The first-order valence-corrected chi connectivity index (χ1v) is 7.48. The highest BCUT2D eigenvalue weighted by Crippen LogP contribution is 2.28. The van der Waals surface area contributed by atoms with Crippen molar-refractivity contribution in [2.45, 2.75) is 11.8 Å². The maximum Gasteiger partial charge on any atom is 0.173 e. The van der Waals surface area contributed by atoms with Crippen molar-refractivity contribution in [3.05, 3.63) is 63.6 Å². The lowest BCUT2D eigenvalue weighted by atomic mass is 10.1. The average Bonchev–Trinajstić information content (AvgIpc) is 2.40. The van der Waals surface area contributed by atoms with E-state index in [1.165, 1.54) is 11.8 Å². The van der Waals surface area contributed by atoms with Gasteiger partial charge in [0.15, 0.2) is 5.78 Å². The molecule has 0 radical (unpaired) electrons. The number of carbonyl (C=O) groups is 1. The summed E-state index contributed by atoms with van der Waals surface area (Å²) in [6, 6.07) is 13.0. The van der Waals surface area contributed by atoms with Gasteiger partial charge in [-0.1, -0.05) is 53.0 Å². The van der Waals surface area contributed by atoms with E-state index >= 15 is 0 Å². The lowest BCUT2D eigenvalue weighted by molar-refractivity contribution is 0.102. The Balaban J connectivity index is 2.00. The van der Waals surface area contributed by atoms with E-state index in [2.05, 4.69) is 0 Å². The fourth-order valence-corrected chi connectivity index (χ4v) is 2.73. The minimum atomic E-state index is 0.107. The first kappa shape index (κ1) is 14.4. The number of ketones is 1. The van der Waals surface area contributed by atoms with Crippen LogP contribution in [0.15, 0.2) is 47.4 Å². The van der Waals surface area contributed by atoms with Crippen LogP contribution < -0.4 is 0 Å². The van der Waals surface area contributed by atoms with Gasteiger partial charge < -0.3 is 0 Å². The predicted octanol–water partition coefficient (Wildman–Crippen LogP) is 5.28. The molecule has 98 valence electrons. The number of benzene rings is 2. The number of aryl methyl sites for hydroxylation is 1. The molecular formula is C15H12Cl2OS. The summed E-state index contributed by atoms with van der Waals surface area (Å²) >= 11 is 13.2. The molecule has 0 aliphatic heterocycles. The topological polar surface area (TPSA) is 17.1 Å². The van der Waals surface area contributed by atoms with Gasteiger partial charge in [0.2, 0.25) is 0 Å². The lowest BCUT2D eigenvalue weighted by Crippen LogP contribution is -2.01. The fourth-order valence-electron chi connectivity index (χ4n) is 1.54. The number of halogens is 2. The van der Waals surface area contributed by atoms with Crippen LogP contribution in [0.2, 0.25) is 10.0 Å². The first-order chi connectivity index (χ1) is 9.06.